The number of piperidine rings is 1. The van der Waals surface area contributed by atoms with Gasteiger partial charge in [-0.2, -0.15) is 0 Å². The molecule has 3 aliphatic heterocycles. The minimum Gasteiger partial charge on any atom is -0.484 e. The molecule has 0 N–H and O–H groups in total. The summed E-state index contributed by atoms with van der Waals surface area (Å²) in [5.74, 6) is 1.56. The van der Waals surface area contributed by atoms with Crippen LogP contribution in [0.15, 0.2) is 30.3 Å². The zero-order chi connectivity index (χ0) is 21.7. The molecule has 1 spiro atoms. The lowest BCUT2D eigenvalue weighted by Crippen LogP contribution is -2.57. The Kier molecular flexibility index (Phi) is 7.51. The highest BCUT2D eigenvalue weighted by Gasteiger charge is 2.42. The van der Waals surface area contributed by atoms with Gasteiger partial charge in [0.15, 0.2) is 6.61 Å². The van der Waals surface area contributed by atoms with E-state index in [0.29, 0.717) is 6.04 Å². The first-order chi connectivity index (χ1) is 15.0. The van der Waals surface area contributed by atoms with Crippen molar-refractivity contribution < 1.29 is 14.3 Å². The molecule has 3 saturated heterocycles. The van der Waals surface area contributed by atoms with Gasteiger partial charge in [-0.15, -0.1) is 0 Å². The highest BCUT2D eigenvalue weighted by atomic mass is 16.5. The minimum absolute atomic E-state index is 0.0466. The van der Waals surface area contributed by atoms with Crippen LogP contribution in [0.5, 0.6) is 5.75 Å². The second-order valence-corrected chi connectivity index (χ2v) is 9.89. The predicted molar refractivity (Wildman–Crippen MR) is 122 cm³/mol. The lowest BCUT2D eigenvalue weighted by molar-refractivity contribution is -0.151. The Morgan fingerprint density at radius 1 is 1.10 bits per heavy atom. The fourth-order valence-corrected chi connectivity index (χ4v) is 5.41. The predicted octanol–water partition coefficient (Wildman–Crippen LogP) is 2.88. The van der Waals surface area contributed by atoms with E-state index in [-0.39, 0.29) is 18.1 Å². The van der Waals surface area contributed by atoms with E-state index >= 15 is 0 Å². The number of carbonyl (C=O) groups excluding carboxylic acids is 1. The topological polar surface area (TPSA) is 45.2 Å². The molecular formula is C25H39N3O3. The number of piperazine rings is 1. The Morgan fingerprint density at radius 3 is 2.48 bits per heavy atom. The molecule has 3 fully saturated rings. The molecule has 0 unspecified atom stereocenters. The number of likely N-dealkylation sites (tertiary alicyclic amines) is 1. The average molecular weight is 430 g/mol. The largest absolute Gasteiger partial charge is 0.484 e. The summed E-state index contributed by atoms with van der Waals surface area (Å²) in [4.78, 5) is 19.9. The maximum Gasteiger partial charge on any atom is 0.260 e. The average Bonchev–Trinajstić information content (AvgIpc) is 2.79. The van der Waals surface area contributed by atoms with Crippen LogP contribution in [0, 0.1) is 5.92 Å². The minimum atomic E-state index is -0.0466. The Balaban J connectivity index is 1.23. The number of amides is 1. The van der Waals surface area contributed by atoms with Crippen molar-refractivity contribution in [3.63, 3.8) is 0 Å². The van der Waals surface area contributed by atoms with E-state index in [9.17, 15) is 4.79 Å². The fourth-order valence-electron chi connectivity index (χ4n) is 5.41. The van der Waals surface area contributed by atoms with Gasteiger partial charge in [-0.05, 0) is 43.7 Å². The number of ether oxygens (including phenoxy) is 2. The molecule has 1 amide bonds. The van der Waals surface area contributed by atoms with Crippen molar-refractivity contribution in [2.45, 2.75) is 51.2 Å². The third-order valence-corrected chi connectivity index (χ3v) is 7.15. The maximum atomic E-state index is 12.6. The first kappa shape index (κ1) is 22.6. The van der Waals surface area contributed by atoms with Gasteiger partial charge in [0.05, 0.1) is 5.60 Å². The number of nitrogens with zero attached hydrogens (tertiary/aromatic N) is 3. The van der Waals surface area contributed by atoms with Crippen molar-refractivity contribution >= 4 is 5.91 Å². The van der Waals surface area contributed by atoms with Gasteiger partial charge in [-0.3, -0.25) is 9.69 Å². The van der Waals surface area contributed by atoms with Crippen LogP contribution >= 0.6 is 0 Å². The Morgan fingerprint density at radius 2 is 1.81 bits per heavy atom. The van der Waals surface area contributed by atoms with E-state index in [1.807, 2.05) is 35.2 Å². The second-order valence-electron chi connectivity index (χ2n) is 9.89. The molecule has 3 aliphatic rings. The van der Waals surface area contributed by atoms with E-state index in [4.69, 9.17) is 9.47 Å². The molecule has 3 heterocycles. The maximum absolute atomic E-state index is 12.6. The van der Waals surface area contributed by atoms with Gasteiger partial charge in [-0.25, -0.2) is 0 Å². The summed E-state index contributed by atoms with van der Waals surface area (Å²) in [6, 6.07) is 10.2. The second kappa shape index (κ2) is 10.3. The molecule has 0 radical (unpaired) electrons. The first-order valence-electron chi connectivity index (χ1n) is 12.1. The number of rotatable bonds is 6. The highest BCUT2D eigenvalue weighted by Crippen LogP contribution is 2.37. The third-order valence-electron chi connectivity index (χ3n) is 7.15. The zero-order valence-electron chi connectivity index (χ0n) is 19.3. The van der Waals surface area contributed by atoms with Crippen LogP contribution in [-0.4, -0.2) is 91.3 Å². The van der Waals surface area contributed by atoms with Crippen molar-refractivity contribution in [2.75, 3.05) is 59.0 Å². The SMILES string of the molecule is CC(C)CN1CCN([C@@H]2CCOC3(CCN(C(=O)COc4ccccc4)CC3)C2)CC1. The molecular weight excluding hydrogens is 390 g/mol. The Bertz CT molecular complexity index is 695. The van der Waals surface area contributed by atoms with Crippen LogP contribution in [0.25, 0.3) is 0 Å². The van der Waals surface area contributed by atoms with E-state index < -0.39 is 0 Å². The normalized spacial score (nSPS) is 25.1. The number of carbonyl (C=O) groups is 1. The summed E-state index contributed by atoms with van der Waals surface area (Å²) in [5, 5.41) is 0. The summed E-state index contributed by atoms with van der Waals surface area (Å²) < 4.78 is 12.0. The quantitative estimate of drug-likeness (QED) is 0.696. The molecule has 1 aromatic carbocycles. The van der Waals surface area contributed by atoms with Crippen molar-refractivity contribution in [2.24, 2.45) is 5.92 Å². The van der Waals surface area contributed by atoms with Crippen LogP contribution in [0.4, 0.5) is 0 Å². The molecule has 6 heteroatoms. The standard InChI is InChI=1S/C25H39N3O3/c1-21(2)19-26-13-15-27(16-14-26)22-8-17-31-25(18-22)9-11-28(12-10-25)24(29)20-30-23-6-4-3-5-7-23/h3-7,21-22H,8-20H2,1-2H3/t22-/m1/s1. The Hall–Kier alpha value is -1.63. The van der Waals surface area contributed by atoms with Crippen LogP contribution in [-0.2, 0) is 9.53 Å². The van der Waals surface area contributed by atoms with Crippen LogP contribution in [0.1, 0.15) is 39.5 Å². The third kappa shape index (κ3) is 5.99. The molecule has 1 aromatic rings. The van der Waals surface area contributed by atoms with Gasteiger partial charge < -0.3 is 19.3 Å². The summed E-state index contributed by atoms with van der Waals surface area (Å²) in [6.45, 7) is 13.0. The lowest BCUT2D eigenvalue weighted by atomic mass is 9.81. The Labute approximate surface area is 187 Å². The molecule has 0 aromatic heterocycles. The van der Waals surface area contributed by atoms with Crippen LogP contribution < -0.4 is 4.74 Å². The fraction of sp³-hybridized carbons (Fsp3) is 0.720. The molecule has 0 saturated carbocycles. The van der Waals surface area contributed by atoms with Gasteiger partial charge in [0.2, 0.25) is 0 Å². The van der Waals surface area contributed by atoms with Gasteiger partial charge in [-0.1, -0.05) is 32.0 Å². The smallest absolute Gasteiger partial charge is 0.260 e. The van der Waals surface area contributed by atoms with Gasteiger partial charge in [0.1, 0.15) is 5.75 Å². The molecule has 1 atom stereocenters. The van der Waals surface area contributed by atoms with Crippen molar-refractivity contribution in [1.82, 2.24) is 14.7 Å². The van der Waals surface area contributed by atoms with E-state index in [1.54, 1.807) is 0 Å². The van der Waals surface area contributed by atoms with Crippen LogP contribution in [0.2, 0.25) is 0 Å². The molecule has 4 rings (SSSR count). The molecule has 0 bridgehead atoms. The van der Waals surface area contributed by atoms with Gasteiger partial charge >= 0.3 is 0 Å². The number of benzene rings is 1. The first-order valence-corrected chi connectivity index (χ1v) is 12.1. The number of para-hydroxylation sites is 1. The summed E-state index contributed by atoms with van der Waals surface area (Å²) in [6.07, 6.45) is 4.13. The van der Waals surface area contributed by atoms with Crippen LogP contribution in [0.3, 0.4) is 0 Å². The van der Waals surface area contributed by atoms with E-state index in [0.717, 1.165) is 57.0 Å². The monoisotopic (exact) mass is 429 g/mol. The molecule has 172 valence electrons. The van der Waals surface area contributed by atoms with E-state index in [2.05, 4.69) is 23.6 Å². The van der Waals surface area contributed by atoms with Gasteiger partial charge in [0, 0.05) is 58.5 Å². The molecule has 0 aliphatic carbocycles. The van der Waals surface area contributed by atoms with Crippen molar-refractivity contribution in [3.05, 3.63) is 30.3 Å². The zero-order valence-corrected chi connectivity index (χ0v) is 19.3. The van der Waals surface area contributed by atoms with Crippen molar-refractivity contribution in [3.8, 4) is 5.75 Å². The van der Waals surface area contributed by atoms with E-state index in [1.165, 1.54) is 32.7 Å². The molecule has 6 nitrogen and oxygen atoms in total. The van der Waals surface area contributed by atoms with Gasteiger partial charge in [0.25, 0.3) is 5.91 Å². The highest BCUT2D eigenvalue weighted by molar-refractivity contribution is 5.77. The van der Waals surface area contributed by atoms with Crippen molar-refractivity contribution in [1.29, 1.82) is 0 Å². The summed E-state index contributed by atoms with van der Waals surface area (Å²) in [5.41, 5.74) is -0.0466. The number of hydrogen-bond acceptors (Lipinski definition) is 5. The summed E-state index contributed by atoms with van der Waals surface area (Å²) >= 11 is 0. The summed E-state index contributed by atoms with van der Waals surface area (Å²) in [7, 11) is 0. The lowest BCUT2D eigenvalue weighted by Gasteiger charge is -2.49. The number of hydrogen-bond donors (Lipinski definition) is 0. The molecule has 31 heavy (non-hydrogen) atoms.